The van der Waals surface area contributed by atoms with Gasteiger partial charge in [-0.2, -0.15) is 0 Å². The van der Waals surface area contributed by atoms with E-state index in [-0.39, 0.29) is 11.7 Å². The number of nitrogens with zero attached hydrogens (tertiary/aromatic N) is 1. The maximum Gasteiger partial charge on any atom is 0.307 e. The van der Waals surface area contributed by atoms with Gasteiger partial charge in [-0.25, -0.2) is 0 Å². The van der Waals surface area contributed by atoms with E-state index in [1.54, 1.807) is 12.1 Å². The highest BCUT2D eigenvalue weighted by Gasteiger charge is 2.26. The zero-order valence-electron chi connectivity index (χ0n) is 17.0. The standard InChI is InChI=1S/C21H31NO6/c1-4-26-18-10-9-16(19(27-5-2)20(18)28-6-3)17(23)11-13-22-12-7-8-15(14-22)21(24)25/h9-10,15H,4-8,11-14H2,1-3H3,(H,24,25). The van der Waals surface area contributed by atoms with E-state index < -0.39 is 5.97 Å². The molecule has 1 aliphatic rings. The third-order valence-corrected chi connectivity index (χ3v) is 4.76. The van der Waals surface area contributed by atoms with E-state index in [2.05, 4.69) is 4.90 Å². The number of carboxylic acids is 1. The molecule has 0 spiro atoms. The Labute approximate surface area is 166 Å². The van der Waals surface area contributed by atoms with Gasteiger partial charge in [0, 0.05) is 19.5 Å². The maximum atomic E-state index is 12.9. The molecule has 1 aliphatic heterocycles. The van der Waals surface area contributed by atoms with Crippen molar-refractivity contribution in [3.63, 3.8) is 0 Å². The lowest BCUT2D eigenvalue weighted by Crippen LogP contribution is -2.39. The summed E-state index contributed by atoms with van der Waals surface area (Å²) in [6.07, 6.45) is 1.84. The molecular formula is C21H31NO6. The second-order valence-electron chi connectivity index (χ2n) is 6.72. The molecule has 1 heterocycles. The number of aliphatic carboxylic acids is 1. The molecule has 7 nitrogen and oxygen atoms in total. The van der Waals surface area contributed by atoms with Crippen molar-refractivity contribution in [3.8, 4) is 17.2 Å². The fraction of sp³-hybridized carbons (Fsp3) is 0.619. The summed E-state index contributed by atoms with van der Waals surface area (Å²) in [5.74, 6) is 0.276. The number of carboxylic acid groups (broad SMARTS) is 1. The van der Waals surface area contributed by atoms with Crippen LogP contribution in [0.3, 0.4) is 0 Å². The van der Waals surface area contributed by atoms with Crippen molar-refractivity contribution in [2.75, 3.05) is 39.5 Å². The minimum absolute atomic E-state index is 0.0510. The number of Topliss-reactive ketones (excluding diaryl/α,β-unsaturated/α-hetero) is 1. The lowest BCUT2D eigenvalue weighted by atomic mass is 9.97. The van der Waals surface area contributed by atoms with Gasteiger partial charge in [-0.1, -0.05) is 0 Å². The Kier molecular flexibility index (Phi) is 8.57. The fourth-order valence-electron chi connectivity index (χ4n) is 3.46. The molecule has 28 heavy (non-hydrogen) atoms. The number of rotatable bonds is 11. The van der Waals surface area contributed by atoms with E-state index in [4.69, 9.17) is 14.2 Å². The average molecular weight is 393 g/mol. The van der Waals surface area contributed by atoms with E-state index in [1.807, 2.05) is 20.8 Å². The maximum absolute atomic E-state index is 12.9. The van der Waals surface area contributed by atoms with Crippen molar-refractivity contribution in [1.82, 2.24) is 4.90 Å². The number of benzene rings is 1. The molecule has 156 valence electrons. The van der Waals surface area contributed by atoms with Crippen molar-refractivity contribution in [1.29, 1.82) is 0 Å². The normalized spacial score (nSPS) is 17.2. The smallest absolute Gasteiger partial charge is 0.307 e. The molecule has 1 fully saturated rings. The van der Waals surface area contributed by atoms with Crippen molar-refractivity contribution in [2.24, 2.45) is 5.92 Å². The topological polar surface area (TPSA) is 85.3 Å². The van der Waals surface area contributed by atoms with E-state index in [0.717, 1.165) is 13.0 Å². The quantitative estimate of drug-likeness (QED) is 0.578. The Morgan fingerprint density at radius 1 is 1.07 bits per heavy atom. The first kappa shape index (κ1) is 22.0. The van der Waals surface area contributed by atoms with Crippen molar-refractivity contribution >= 4 is 11.8 Å². The number of piperidine rings is 1. The van der Waals surface area contributed by atoms with Crippen LogP contribution in [0.2, 0.25) is 0 Å². The van der Waals surface area contributed by atoms with Crippen LogP contribution >= 0.6 is 0 Å². The summed E-state index contributed by atoms with van der Waals surface area (Å²) in [7, 11) is 0. The molecule has 1 saturated heterocycles. The summed E-state index contributed by atoms with van der Waals surface area (Å²) in [6, 6.07) is 3.46. The zero-order valence-corrected chi connectivity index (χ0v) is 17.0. The minimum atomic E-state index is -0.762. The first-order valence-electron chi connectivity index (χ1n) is 10.0. The van der Waals surface area contributed by atoms with E-state index in [0.29, 0.717) is 68.6 Å². The van der Waals surface area contributed by atoms with Gasteiger partial charge >= 0.3 is 5.97 Å². The number of likely N-dealkylation sites (tertiary alicyclic amines) is 1. The summed E-state index contributed by atoms with van der Waals surface area (Å²) in [5.41, 5.74) is 0.473. The molecule has 0 bridgehead atoms. The zero-order chi connectivity index (χ0) is 20.5. The van der Waals surface area contributed by atoms with Gasteiger partial charge in [-0.05, 0) is 52.3 Å². The lowest BCUT2D eigenvalue weighted by molar-refractivity contribution is -0.143. The highest BCUT2D eigenvalue weighted by Crippen LogP contribution is 2.41. The monoisotopic (exact) mass is 393 g/mol. The Morgan fingerprint density at radius 2 is 1.75 bits per heavy atom. The molecule has 0 amide bonds. The molecule has 0 aromatic heterocycles. The Balaban J connectivity index is 2.15. The lowest BCUT2D eigenvalue weighted by Gasteiger charge is -2.30. The molecule has 7 heteroatoms. The molecular weight excluding hydrogens is 362 g/mol. The van der Waals surface area contributed by atoms with Crippen LogP contribution in [0.5, 0.6) is 17.2 Å². The highest BCUT2D eigenvalue weighted by atomic mass is 16.5. The Morgan fingerprint density at radius 3 is 2.39 bits per heavy atom. The third kappa shape index (κ3) is 5.61. The predicted molar refractivity (Wildman–Crippen MR) is 106 cm³/mol. The van der Waals surface area contributed by atoms with Crippen LogP contribution in [0.15, 0.2) is 12.1 Å². The fourth-order valence-corrected chi connectivity index (χ4v) is 3.46. The Hall–Kier alpha value is -2.28. The van der Waals surface area contributed by atoms with Crippen LogP contribution < -0.4 is 14.2 Å². The van der Waals surface area contributed by atoms with E-state index in [9.17, 15) is 14.7 Å². The summed E-state index contributed by atoms with van der Waals surface area (Å²) < 4.78 is 17.1. The Bertz CT molecular complexity index is 675. The van der Waals surface area contributed by atoms with Crippen molar-refractivity contribution < 1.29 is 28.9 Å². The van der Waals surface area contributed by atoms with Gasteiger partial charge in [0.05, 0.1) is 31.3 Å². The van der Waals surface area contributed by atoms with Gasteiger partial charge in [0.2, 0.25) is 5.75 Å². The molecule has 0 aliphatic carbocycles. The molecule has 1 aromatic rings. The first-order valence-corrected chi connectivity index (χ1v) is 10.0. The third-order valence-electron chi connectivity index (χ3n) is 4.76. The predicted octanol–water partition coefficient (Wildman–Crippen LogP) is 3.25. The second kappa shape index (κ2) is 10.9. The van der Waals surface area contributed by atoms with E-state index in [1.165, 1.54) is 0 Å². The van der Waals surface area contributed by atoms with E-state index >= 15 is 0 Å². The molecule has 0 radical (unpaired) electrons. The summed E-state index contributed by atoms with van der Waals surface area (Å²) in [6.45, 7) is 8.79. The van der Waals surface area contributed by atoms with Crippen LogP contribution in [0.25, 0.3) is 0 Å². The number of hydrogen-bond donors (Lipinski definition) is 1. The van der Waals surface area contributed by atoms with Gasteiger partial charge in [-0.3, -0.25) is 9.59 Å². The first-order chi connectivity index (χ1) is 13.5. The molecule has 1 atom stereocenters. The van der Waals surface area contributed by atoms with Crippen LogP contribution in [0.4, 0.5) is 0 Å². The van der Waals surface area contributed by atoms with Crippen LogP contribution in [0, 0.1) is 5.92 Å². The van der Waals surface area contributed by atoms with Gasteiger partial charge in [0.25, 0.3) is 0 Å². The molecule has 0 saturated carbocycles. The van der Waals surface area contributed by atoms with Gasteiger partial charge < -0.3 is 24.2 Å². The summed E-state index contributed by atoms with van der Waals surface area (Å²) in [5, 5.41) is 9.22. The largest absolute Gasteiger partial charge is 0.490 e. The van der Waals surface area contributed by atoms with Gasteiger partial charge in [-0.15, -0.1) is 0 Å². The number of carbonyl (C=O) groups is 2. The number of carbonyl (C=O) groups excluding carboxylic acids is 1. The summed E-state index contributed by atoms with van der Waals surface area (Å²) >= 11 is 0. The van der Waals surface area contributed by atoms with Crippen LogP contribution in [-0.2, 0) is 4.79 Å². The highest BCUT2D eigenvalue weighted by molar-refractivity contribution is 6.00. The van der Waals surface area contributed by atoms with Gasteiger partial charge in [0.15, 0.2) is 17.3 Å². The number of ether oxygens (including phenoxy) is 3. The number of ketones is 1. The SMILES string of the molecule is CCOc1ccc(C(=O)CCN2CCCC(C(=O)O)C2)c(OCC)c1OCC. The minimum Gasteiger partial charge on any atom is -0.490 e. The molecule has 1 aromatic carbocycles. The molecule has 2 rings (SSSR count). The van der Waals surface area contributed by atoms with Crippen LogP contribution in [-0.4, -0.2) is 61.2 Å². The van der Waals surface area contributed by atoms with Crippen molar-refractivity contribution in [2.45, 2.75) is 40.0 Å². The van der Waals surface area contributed by atoms with Gasteiger partial charge in [0.1, 0.15) is 0 Å². The van der Waals surface area contributed by atoms with Crippen molar-refractivity contribution in [3.05, 3.63) is 17.7 Å². The summed E-state index contributed by atoms with van der Waals surface area (Å²) in [4.78, 5) is 26.2. The molecule has 1 unspecified atom stereocenters. The van der Waals surface area contributed by atoms with Crippen LogP contribution in [0.1, 0.15) is 50.4 Å². The average Bonchev–Trinajstić information content (AvgIpc) is 2.69. The second-order valence-corrected chi connectivity index (χ2v) is 6.72. The molecule has 1 N–H and O–H groups in total. The number of hydrogen-bond acceptors (Lipinski definition) is 6.